The third kappa shape index (κ3) is 5.33. The molecule has 0 saturated heterocycles. The number of ketones is 1. The average molecular weight is 623 g/mol. The van der Waals surface area contributed by atoms with Gasteiger partial charge in [-0.25, -0.2) is 0 Å². The Balaban J connectivity index is 0.00000306. The molecule has 4 aromatic heterocycles. The van der Waals surface area contributed by atoms with Crippen LogP contribution in [0.4, 0.5) is 0 Å². The van der Waals surface area contributed by atoms with Crippen LogP contribution in [0.2, 0.25) is 0 Å². The van der Waals surface area contributed by atoms with Gasteiger partial charge in [-0.15, -0.1) is 12.1 Å². The fourth-order valence-corrected chi connectivity index (χ4v) is 2.90. The third-order valence-electron chi connectivity index (χ3n) is 4.85. The molecule has 0 aliphatic rings. The minimum atomic E-state index is -0.318. The molecule has 0 atom stereocenters. The predicted molar refractivity (Wildman–Crippen MR) is 119 cm³/mol. The number of carbonyl (C=O) groups excluding carboxylic acids is 1. The van der Waals surface area contributed by atoms with Crippen molar-refractivity contribution in [2.45, 2.75) is 52.4 Å². The molecule has 0 unspecified atom stereocenters. The molecule has 0 aromatic carbocycles. The van der Waals surface area contributed by atoms with Crippen molar-refractivity contribution in [3.8, 4) is 11.8 Å². The van der Waals surface area contributed by atoms with Gasteiger partial charge in [-0.1, -0.05) is 66.1 Å². The molecule has 8 nitrogen and oxygen atoms in total. The Morgan fingerprint density at radius 1 is 0.818 bits per heavy atom. The third-order valence-corrected chi connectivity index (χ3v) is 4.85. The van der Waals surface area contributed by atoms with Gasteiger partial charge in [0.2, 0.25) is 5.78 Å². The van der Waals surface area contributed by atoms with E-state index >= 15 is 0 Å². The van der Waals surface area contributed by atoms with Crippen LogP contribution in [-0.4, -0.2) is 40.3 Å². The molecule has 0 amide bonds. The molecule has 4 rings (SSSR count). The van der Waals surface area contributed by atoms with Crippen molar-refractivity contribution < 1.29 is 25.9 Å². The molecule has 0 aliphatic heterocycles. The van der Waals surface area contributed by atoms with Gasteiger partial charge >= 0.3 is 21.1 Å². The van der Waals surface area contributed by atoms with Crippen molar-refractivity contribution in [2.75, 3.05) is 0 Å². The van der Waals surface area contributed by atoms with E-state index in [-0.39, 0.29) is 55.0 Å². The Kier molecular flexibility index (Phi) is 6.80. The molecule has 33 heavy (non-hydrogen) atoms. The van der Waals surface area contributed by atoms with E-state index in [2.05, 4.69) is 79.1 Å². The van der Waals surface area contributed by atoms with E-state index in [4.69, 9.17) is 0 Å². The molecule has 9 heteroatoms. The van der Waals surface area contributed by atoms with E-state index in [1.54, 1.807) is 35.0 Å². The zero-order valence-corrected chi connectivity index (χ0v) is 21.7. The minimum absolute atomic E-state index is 0. The van der Waals surface area contributed by atoms with Gasteiger partial charge in [0.05, 0.1) is 5.82 Å². The van der Waals surface area contributed by atoms with E-state index in [1.807, 2.05) is 6.07 Å². The van der Waals surface area contributed by atoms with Gasteiger partial charge in [0.15, 0.2) is 0 Å². The first-order valence-electron chi connectivity index (χ1n) is 10.3. The molecule has 0 bridgehead atoms. The van der Waals surface area contributed by atoms with Crippen LogP contribution >= 0.6 is 0 Å². The molecule has 0 aliphatic carbocycles. The van der Waals surface area contributed by atoms with Crippen molar-refractivity contribution in [1.82, 2.24) is 34.5 Å². The molecule has 4 heterocycles. The molecule has 4 aromatic rings. The summed E-state index contributed by atoms with van der Waals surface area (Å²) in [6, 6.07) is 10.4. The number of hydrogen-bond donors (Lipinski definition) is 0. The van der Waals surface area contributed by atoms with E-state index in [0.29, 0.717) is 5.82 Å². The number of carbonyl (C=O) groups is 1. The summed E-state index contributed by atoms with van der Waals surface area (Å²) in [5.41, 5.74) is 1.99. The average Bonchev–Trinajstić information content (AvgIpc) is 3.43. The Hall–Kier alpha value is -2.99. The van der Waals surface area contributed by atoms with Crippen molar-refractivity contribution in [3.63, 3.8) is 0 Å². The molecule has 0 N–H and O–H groups in total. The van der Waals surface area contributed by atoms with E-state index in [1.165, 1.54) is 10.9 Å². The summed E-state index contributed by atoms with van der Waals surface area (Å²) in [5, 5.41) is 9.04. The molecular weight excluding hydrogens is 597 g/mol. The van der Waals surface area contributed by atoms with Crippen molar-refractivity contribution in [3.05, 3.63) is 77.8 Å². The summed E-state index contributed by atoms with van der Waals surface area (Å²) >= 11 is 0. The Bertz CT molecular complexity index is 1180. The van der Waals surface area contributed by atoms with Crippen molar-refractivity contribution in [1.29, 1.82) is 0 Å². The molecule has 0 radical (unpaired) electrons. The van der Waals surface area contributed by atoms with Gasteiger partial charge < -0.3 is 9.36 Å². The summed E-state index contributed by atoms with van der Waals surface area (Å²) in [7, 11) is 0. The molecule has 0 spiro atoms. The number of aromatic nitrogens is 7. The summed E-state index contributed by atoms with van der Waals surface area (Å²) in [6.45, 7) is 12.4. The maximum Gasteiger partial charge on any atom is 2.00 e. The molecular formula is C24H25N7OPt. The van der Waals surface area contributed by atoms with Crippen LogP contribution in [0.1, 0.15) is 69.1 Å². The second-order valence-corrected chi connectivity index (χ2v) is 9.59. The van der Waals surface area contributed by atoms with Gasteiger partial charge in [0, 0.05) is 6.20 Å². The second-order valence-electron chi connectivity index (χ2n) is 9.59. The largest absolute Gasteiger partial charge is 2.00 e. The topological polar surface area (TPSA) is 91.4 Å². The van der Waals surface area contributed by atoms with Gasteiger partial charge in [-0.05, 0) is 34.4 Å². The zero-order chi connectivity index (χ0) is 23.1. The zero-order valence-electron chi connectivity index (χ0n) is 19.4. The summed E-state index contributed by atoms with van der Waals surface area (Å²) in [5.74, 6) is 0.468. The van der Waals surface area contributed by atoms with Crippen molar-refractivity contribution >= 4 is 5.78 Å². The minimum Gasteiger partial charge on any atom is -0.343 e. The maximum atomic E-state index is 13.1. The molecule has 0 fully saturated rings. The fourth-order valence-electron chi connectivity index (χ4n) is 2.90. The van der Waals surface area contributed by atoms with Gasteiger partial charge in [-0.2, -0.15) is 0 Å². The second kappa shape index (κ2) is 9.10. The number of nitrogens with zero attached hydrogens (tertiary/aromatic N) is 7. The first kappa shape index (κ1) is 24.6. The van der Waals surface area contributed by atoms with Crippen LogP contribution in [0, 0.1) is 12.4 Å². The number of hydrogen-bond acceptors (Lipinski definition) is 6. The van der Waals surface area contributed by atoms with Crippen LogP contribution in [0.3, 0.4) is 0 Å². The summed E-state index contributed by atoms with van der Waals surface area (Å²) in [6.07, 6.45) is 7.62. The maximum absolute atomic E-state index is 13.1. The number of pyridine rings is 1. The smallest absolute Gasteiger partial charge is 0.343 e. The van der Waals surface area contributed by atoms with Crippen LogP contribution in [0.15, 0.2) is 42.6 Å². The standard InChI is InChI=1S/C24H25N7O.Pt/c1-23(2,3)18-11-14-30(28-18)20-9-7-8-16(26-20)21(32)17-10-13-25-22(27-17)31-15-12-19(29-31)24(4,5)6;/h7-13H,1-6H3;/q-2;+2. The van der Waals surface area contributed by atoms with E-state index in [9.17, 15) is 4.79 Å². The first-order valence-corrected chi connectivity index (χ1v) is 10.3. The van der Waals surface area contributed by atoms with Crippen LogP contribution < -0.4 is 0 Å². The normalized spacial score (nSPS) is 11.8. The first-order chi connectivity index (χ1) is 15.0. The predicted octanol–water partition coefficient (Wildman–Crippen LogP) is 3.67. The van der Waals surface area contributed by atoms with E-state index < -0.39 is 0 Å². The van der Waals surface area contributed by atoms with Crippen LogP contribution in [-0.2, 0) is 31.9 Å². The van der Waals surface area contributed by atoms with Crippen LogP contribution in [0.5, 0.6) is 0 Å². The quantitative estimate of drug-likeness (QED) is 0.255. The monoisotopic (exact) mass is 622 g/mol. The van der Waals surface area contributed by atoms with Gasteiger partial charge in [0.25, 0.3) is 0 Å². The molecule has 172 valence electrons. The Morgan fingerprint density at radius 2 is 1.39 bits per heavy atom. The Morgan fingerprint density at radius 3 is 2.00 bits per heavy atom. The SMILES string of the molecule is CC(C)(C)c1c[c-]n(-c2cccc(C(=O)c3ccnc(-n4[c-]cc(C(C)(C)C)n4)n3)n2)n1.[Pt+2]. The number of rotatable bonds is 4. The summed E-state index contributed by atoms with van der Waals surface area (Å²) in [4.78, 5) is 26.2. The fraction of sp³-hybridized carbons (Fsp3) is 0.333. The van der Waals surface area contributed by atoms with Crippen molar-refractivity contribution in [2.24, 2.45) is 0 Å². The van der Waals surface area contributed by atoms with Crippen LogP contribution in [0.25, 0.3) is 11.8 Å². The van der Waals surface area contributed by atoms with E-state index in [0.717, 1.165) is 11.4 Å². The molecule has 0 saturated carbocycles. The Labute approximate surface area is 207 Å². The van der Waals surface area contributed by atoms with Gasteiger partial charge in [-0.3, -0.25) is 29.9 Å². The summed E-state index contributed by atoms with van der Waals surface area (Å²) < 4.78 is 3.00. The van der Waals surface area contributed by atoms with Gasteiger partial charge in [0.1, 0.15) is 17.3 Å².